The summed E-state index contributed by atoms with van der Waals surface area (Å²) in [6, 6.07) is 0. The van der Waals surface area contributed by atoms with Crippen LogP contribution in [0.3, 0.4) is 0 Å². The van der Waals surface area contributed by atoms with Gasteiger partial charge in [-0.25, -0.2) is 0 Å². The van der Waals surface area contributed by atoms with Gasteiger partial charge in [-0.2, -0.15) is 0 Å². The minimum absolute atomic E-state index is 0.144. The number of carbonyl (C=O) groups is 4. The van der Waals surface area contributed by atoms with E-state index in [9.17, 15) is 19.2 Å². The van der Waals surface area contributed by atoms with E-state index in [4.69, 9.17) is 18.9 Å². The molecule has 240 valence electrons. The molecule has 0 radical (unpaired) electrons. The van der Waals surface area contributed by atoms with Crippen LogP contribution in [0, 0.1) is 5.41 Å². The molecule has 0 saturated heterocycles. The van der Waals surface area contributed by atoms with E-state index in [0.717, 1.165) is 0 Å². The van der Waals surface area contributed by atoms with Crippen LogP contribution in [0.2, 0.25) is 0 Å². The number of rotatable bonds is 24. The molecule has 4 atom stereocenters. The van der Waals surface area contributed by atoms with E-state index in [1.165, 1.54) is 0 Å². The fourth-order valence-electron chi connectivity index (χ4n) is 2.95. The van der Waals surface area contributed by atoms with Gasteiger partial charge in [-0.15, -0.1) is 0 Å². The number of amides is 4. The smallest absolute Gasteiger partial charge is 0.233 e. The van der Waals surface area contributed by atoms with E-state index in [-0.39, 0.29) is 95.8 Å². The van der Waals surface area contributed by atoms with Crippen molar-refractivity contribution >= 4 is 87.3 Å². The first-order chi connectivity index (χ1) is 19.3. The third-order valence-electron chi connectivity index (χ3n) is 5.26. The number of hydrogen-bond acceptors (Lipinski definition) is 8. The zero-order chi connectivity index (χ0) is 31.3. The second-order valence-electron chi connectivity index (χ2n) is 9.34. The van der Waals surface area contributed by atoms with Gasteiger partial charge in [0.1, 0.15) is 0 Å². The number of alkyl halides is 4. The minimum atomic E-state index is -0.751. The molecule has 0 saturated carbocycles. The fraction of sp³-hybridized carbons (Fsp3) is 0.840. The first kappa shape index (κ1) is 40.6. The van der Waals surface area contributed by atoms with Gasteiger partial charge in [0.05, 0.1) is 77.6 Å². The van der Waals surface area contributed by atoms with E-state index in [1.54, 1.807) is 27.7 Å². The summed E-state index contributed by atoms with van der Waals surface area (Å²) in [6.45, 7) is 9.97. The van der Waals surface area contributed by atoms with Crippen LogP contribution < -0.4 is 21.3 Å². The maximum absolute atomic E-state index is 11.8. The van der Waals surface area contributed by atoms with Crippen molar-refractivity contribution in [2.75, 3.05) is 79.0 Å². The SMILES string of the molecule is CC(Br)C(=O)NCCOCC(COCCNC(=O)C(C)Br)(COCCNC(=O)C(C)Br)COCCNC(=O)C(C)Br. The third-order valence-corrected chi connectivity index (χ3v) is 6.92. The maximum Gasteiger partial charge on any atom is 0.233 e. The van der Waals surface area contributed by atoms with E-state index in [2.05, 4.69) is 85.0 Å². The van der Waals surface area contributed by atoms with Gasteiger partial charge in [0.2, 0.25) is 23.6 Å². The normalized spacial score (nSPS) is 15.6. The molecule has 0 aliphatic rings. The number of halogens is 4. The highest BCUT2D eigenvalue weighted by Crippen LogP contribution is 2.21. The Morgan fingerprint density at radius 3 is 0.854 bits per heavy atom. The highest BCUT2D eigenvalue weighted by Gasteiger charge is 2.33. The molecule has 0 aliphatic heterocycles. The molecule has 4 unspecified atom stereocenters. The van der Waals surface area contributed by atoms with Gasteiger partial charge in [-0.1, -0.05) is 63.7 Å². The van der Waals surface area contributed by atoms with Crippen LogP contribution in [0.25, 0.3) is 0 Å². The molecule has 0 aliphatic carbocycles. The van der Waals surface area contributed by atoms with Gasteiger partial charge < -0.3 is 40.2 Å². The minimum Gasteiger partial charge on any atom is -0.379 e. The van der Waals surface area contributed by atoms with Crippen molar-refractivity contribution in [2.45, 2.75) is 47.0 Å². The lowest BCUT2D eigenvalue weighted by Gasteiger charge is -2.33. The zero-order valence-corrected chi connectivity index (χ0v) is 30.4. The van der Waals surface area contributed by atoms with Gasteiger partial charge in [0.15, 0.2) is 0 Å². The van der Waals surface area contributed by atoms with Crippen LogP contribution in [0.1, 0.15) is 27.7 Å². The highest BCUT2D eigenvalue weighted by atomic mass is 79.9. The average Bonchev–Trinajstić information content (AvgIpc) is 2.91. The number of nitrogens with one attached hydrogen (secondary N) is 4. The largest absolute Gasteiger partial charge is 0.379 e. The lowest BCUT2D eigenvalue weighted by atomic mass is 9.92. The van der Waals surface area contributed by atoms with Crippen molar-refractivity contribution in [3.8, 4) is 0 Å². The third kappa shape index (κ3) is 21.1. The number of carbonyl (C=O) groups excluding carboxylic acids is 4. The highest BCUT2D eigenvalue weighted by molar-refractivity contribution is 9.10. The Kier molecular flexibility index (Phi) is 23.8. The molecule has 16 heteroatoms. The molecular weight excluding hydrogens is 804 g/mol. The monoisotopic (exact) mass is 844 g/mol. The molecule has 4 N–H and O–H groups in total. The van der Waals surface area contributed by atoms with Crippen LogP contribution in [-0.4, -0.2) is 122 Å². The fourth-order valence-corrected chi connectivity index (χ4v) is 3.60. The quantitative estimate of drug-likeness (QED) is 0.0846. The van der Waals surface area contributed by atoms with Crippen molar-refractivity contribution < 1.29 is 38.1 Å². The van der Waals surface area contributed by atoms with Crippen molar-refractivity contribution in [1.82, 2.24) is 21.3 Å². The predicted molar refractivity (Wildman–Crippen MR) is 171 cm³/mol. The lowest BCUT2D eigenvalue weighted by Crippen LogP contribution is -2.44. The summed E-state index contributed by atoms with van der Waals surface area (Å²) in [7, 11) is 0. The van der Waals surface area contributed by atoms with Gasteiger partial charge in [0, 0.05) is 26.2 Å². The number of ether oxygens (including phenoxy) is 4. The standard InChI is InChI=1S/C25H44Br4N4O8/c1-17(26)21(34)30-5-9-38-13-25(14-39-10-6-31-22(35)18(2)27,15-40-11-7-32-23(36)19(3)28)16-41-12-8-33-24(37)20(4)29/h17-20H,5-16H2,1-4H3,(H,30,34)(H,31,35)(H,32,36)(H,33,37). The second-order valence-corrected chi connectivity index (χ2v) is 14.8. The van der Waals surface area contributed by atoms with Crippen molar-refractivity contribution in [1.29, 1.82) is 0 Å². The molecule has 12 nitrogen and oxygen atoms in total. The molecule has 0 heterocycles. The Balaban J connectivity index is 5.24. The number of hydrogen-bond donors (Lipinski definition) is 4. The molecule has 0 spiro atoms. The van der Waals surface area contributed by atoms with Gasteiger partial charge in [-0.05, 0) is 27.7 Å². The Bertz CT molecular complexity index is 650. The molecule has 0 aromatic rings. The van der Waals surface area contributed by atoms with Crippen LogP contribution in [-0.2, 0) is 38.1 Å². The van der Waals surface area contributed by atoms with Gasteiger partial charge in [0.25, 0.3) is 0 Å². The predicted octanol–water partition coefficient (Wildman–Crippen LogP) is 1.64. The first-order valence-electron chi connectivity index (χ1n) is 13.3. The lowest BCUT2D eigenvalue weighted by molar-refractivity contribution is -0.121. The summed E-state index contributed by atoms with van der Waals surface area (Å²) >= 11 is 12.9. The molecule has 0 aromatic carbocycles. The maximum atomic E-state index is 11.8. The second kappa shape index (κ2) is 24.0. The van der Waals surface area contributed by atoms with Crippen LogP contribution in [0.4, 0.5) is 0 Å². The van der Waals surface area contributed by atoms with E-state index in [0.29, 0.717) is 26.2 Å². The molecule has 0 aromatic heterocycles. The van der Waals surface area contributed by atoms with Crippen LogP contribution >= 0.6 is 63.7 Å². The first-order valence-corrected chi connectivity index (χ1v) is 17.0. The Labute approximate surface area is 276 Å². The molecule has 41 heavy (non-hydrogen) atoms. The molecule has 4 amide bonds. The summed E-state index contributed by atoms with van der Waals surface area (Å²) in [5, 5.41) is 11.1. The van der Waals surface area contributed by atoms with Crippen molar-refractivity contribution in [3.05, 3.63) is 0 Å². The Morgan fingerprint density at radius 2 is 0.683 bits per heavy atom. The van der Waals surface area contributed by atoms with Crippen LogP contribution in [0.5, 0.6) is 0 Å². The van der Waals surface area contributed by atoms with E-state index < -0.39 is 5.41 Å². The zero-order valence-electron chi connectivity index (χ0n) is 24.1. The average molecular weight is 848 g/mol. The Morgan fingerprint density at radius 1 is 0.488 bits per heavy atom. The summed E-state index contributed by atoms with van der Waals surface area (Å²) in [5.74, 6) is -0.576. The van der Waals surface area contributed by atoms with Crippen LogP contribution in [0.15, 0.2) is 0 Å². The Hall–Kier alpha value is -0.360. The summed E-state index contributed by atoms with van der Waals surface area (Å²) in [6.07, 6.45) is 0. The molecule has 0 fully saturated rings. The molecule has 0 bridgehead atoms. The van der Waals surface area contributed by atoms with E-state index >= 15 is 0 Å². The topological polar surface area (TPSA) is 153 Å². The molecular formula is C25H44Br4N4O8. The van der Waals surface area contributed by atoms with E-state index in [1.807, 2.05) is 0 Å². The van der Waals surface area contributed by atoms with Crippen molar-refractivity contribution in [3.63, 3.8) is 0 Å². The van der Waals surface area contributed by atoms with Crippen molar-refractivity contribution in [2.24, 2.45) is 5.41 Å². The summed E-state index contributed by atoms with van der Waals surface area (Å²) in [5.41, 5.74) is -0.751. The van der Waals surface area contributed by atoms with Gasteiger partial charge in [-0.3, -0.25) is 19.2 Å². The van der Waals surface area contributed by atoms with Gasteiger partial charge >= 0.3 is 0 Å². The molecule has 0 rings (SSSR count). The summed E-state index contributed by atoms with van der Waals surface area (Å²) < 4.78 is 23.6. The summed E-state index contributed by atoms with van der Waals surface area (Å²) in [4.78, 5) is 46.0.